The van der Waals surface area contributed by atoms with Gasteiger partial charge < -0.3 is 14.8 Å². The maximum absolute atomic E-state index is 12.5. The fourth-order valence-electron chi connectivity index (χ4n) is 2.52. The van der Waals surface area contributed by atoms with Crippen molar-refractivity contribution in [3.8, 4) is 11.8 Å². The number of rotatable bonds is 7. The van der Waals surface area contributed by atoms with E-state index in [4.69, 9.17) is 9.47 Å². The molecule has 0 unspecified atom stereocenters. The standard InChI is InChI=1S/C22H22N2O4/c1-4-27-21(25)14-28-20-8-6-5-7-17(20)12-18(13-23)22(26)24-19-10-9-15(2)11-16(19)3/h5-12H,4,14H2,1-3H3,(H,24,26)/b18-12+. The Morgan fingerprint density at radius 1 is 1.18 bits per heavy atom. The lowest BCUT2D eigenvalue weighted by molar-refractivity contribution is -0.145. The molecule has 6 nitrogen and oxygen atoms in total. The minimum absolute atomic E-state index is 0.0767. The van der Waals surface area contributed by atoms with Gasteiger partial charge in [-0.2, -0.15) is 5.26 Å². The van der Waals surface area contributed by atoms with E-state index in [1.54, 1.807) is 37.3 Å². The van der Waals surface area contributed by atoms with Gasteiger partial charge in [-0.05, 0) is 44.5 Å². The third-order valence-electron chi connectivity index (χ3n) is 3.86. The van der Waals surface area contributed by atoms with Crippen LogP contribution in [0, 0.1) is 25.2 Å². The number of nitrogens with one attached hydrogen (secondary N) is 1. The molecular formula is C22H22N2O4. The minimum Gasteiger partial charge on any atom is -0.481 e. The Morgan fingerprint density at radius 2 is 1.93 bits per heavy atom. The Kier molecular flexibility index (Phi) is 7.35. The molecule has 0 heterocycles. The van der Waals surface area contributed by atoms with Gasteiger partial charge in [0.2, 0.25) is 0 Å². The SMILES string of the molecule is CCOC(=O)COc1ccccc1/C=C(\C#N)C(=O)Nc1ccc(C)cc1C. The van der Waals surface area contributed by atoms with Crippen LogP contribution in [0.15, 0.2) is 48.0 Å². The van der Waals surface area contributed by atoms with Gasteiger partial charge in [0.15, 0.2) is 6.61 Å². The summed E-state index contributed by atoms with van der Waals surface area (Å²) in [5.74, 6) is -0.633. The molecule has 1 N–H and O–H groups in total. The second-order valence-corrected chi connectivity index (χ2v) is 6.07. The molecule has 0 atom stereocenters. The van der Waals surface area contributed by atoms with Crippen LogP contribution < -0.4 is 10.1 Å². The van der Waals surface area contributed by atoms with E-state index in [2.05, 4.69) is 5.32 Å². The second kappa shape index (κ2) is 9.93. The normalized spacial score (nSPS) is 10.7. The lowest BCUT2D eigenvalue weighted by Gasteiger charge is -2.10. The third kappa shape index (κ3) is 5.71. The summed E-state index contributed by atoms with van der Waals surface area (Å²) in [7, 11) is 0. The number of para-hydroxylation sites is 1. The first-order valence-electron chi connectivity index (χ1n) is 8.82. The summed E-state index contributed by atoms with van der Waals surface area (Å²) >= 11 is 0. The number of nitriles is 1. The van der Waals surface area contributed by atoms with Gasteiger partial charge in [0.25, 0.3) is 5.91 Å². The van der Waals surface area contributed by atoms with Crippen LogP contribution in [0.2, 0.25) is 0 Å². The van der Waals surface area contributed by atoms with Gasteiger partial charge in [-0.1, -0.05) is 35.9 Å². The van der Waals surface area contributed by atoms with Crippen LogP contribution in [0.5, 0.6) is 5.75 Å². The largest absolute Gasteiger partial charge is 0.481 e. The van der Waals surface area contributed by atoms with Gasteiger partial charge >= 0.3 is 5.97 Å². The summed E-state index contributed by atoms with van der Waals surface area (Å²) < 4.78 is 10.3. The number of anilines is 1. The molecule has 2 aromatic carbocycles. The summed E-state index contributed by atoms with van der Waals surface area (Å²) in [6.07, 6.45) is 1.43. The first-order valence-corrected chi connectivity index (χ1v) is 8.82. The highest BCUT2D eigenvalue weighted by Gasteiger charge is 2.13. The zero-order valence-corrected chi connectivity index (χ0v) is 16.1. The summed E-state index contributed by atoms with van der Waals surface area (Å²) in [6.45, 7) is 5.57. The molecule has 0 saturated heterocycles. The van der Waals surface area contributed by atoms with Crippen LogP contribution >= 0.6 is 0 Å². The average molecular weight is 378 g/mol. The van der Waals surface area contributed by atoms with E-state index in [-0.39, 0.29) is 18.8 Å². The highest BCUT2D eigenvalue weighted by atomic mass is 16.6. The Morgan fingerprint density at radius 3 is 2.61 bits per heavy atom. The molecule has 0 spiro atoms. The molecule has 2 rings (SSSR count). The van der Waals surface area contributed by atoms with Crippen LogP contribution in [-0.2, 0) is 14.3 Å². The molecule has 0 aliphatic heterocycles. The highest BCUT2D eigenvalue weighted by molar-refractivity contribution is 6.10. The molecule has 2 aromatic rings. The van der Waals surface area contributed by atoms with E-state index >= 15 is 0 Å². The smallest absolute Gasteiger partial charge is 0.344 e. The molecule has 0 radical (unpaired) electrons. The van der Waals surface area contributed by atoms with Crippen molar-refractivity contribution < 1.29 is 19.1 Å². The number of nitrogens with zero attached hydrogens (tertiary/aromatic N) is 1. The van der Waals surface area contributed by atoms with E-state index in [1.165, 1.54) is 6.08 Å². The number of carbonyl (C=O) groups is 2. The van der Waals surface area contributed by atoms with Crippen molar-refractivity contribution in [2.24, 2.45) is 0 Å². The van der Waals surface area contributed by atoms with Gasteiger partial charge in [0.1, 0.15) is 17.4 Å². The third-order valence-corrected chi connectivity index (χ3v) is 3.86. The first kappa shape index (κ1) is 20.7. The maximum Gasteiger partial charge on any atom is 0.344 e. The summed E-state index contributed by atoms with van der Waals surface area (Å²) in [5.41, 5.74) is 3.07. The summed E-state index contributed by atoms with van der Waals surface area (Å²) in [6, 6.07) is 14.4. The van der Waals surface area contributed by atoms with Gasteiger partial charge in [-0.15, -0.1) is 0 Å². The predicted molar refractivity (Wildman–Crippen MR) is 107 cm³/mol. The maximum atomic E-state index is 12.5. The summed E-state index contributed by atoms with van der Waals surface area (Å²) in [4.78, 5) is 24.0. The zero-order valence-electron chi connectivity index (χ0n) is 16.1. The molecule has 144 valence electrons. The second-order valence-electron chi connectivity index (χ2n) is 6.07. The molecule has 0 aromatic heterocycles. The Hall–Kier alpha value is -3.59. The van der Waals surface area contributed by atoms with E-state index in [0.717, 1.165) is 11.1 Å². The lowest BCUT2D eigenvalue weighted by atomic mass is 10.1. The number of esters is 1. The molecule has 0 saturated carbocycles. The topological polar surface area (TPSA) is 88.4 Å². The van der Waals surface area contributed by atoms with Crippen molar-refractivity contribution in [2.75, 3.05) is 18.5 Å². The van der Waals surface area contributed by atoms with Gasteiger partial charge in [-0.25, -0.2) is 4.79 Å². The van der Waals surface area contributed by atoms with Gasteiger partial charge in [-0.3, -0.25) is 4.79 Å². The average Bonchev–Trinajstić information content (AvgIpc) is 2.67. The van der Waals surface area contributed by atoms with Gasteiger partial charge in [0.05, 0.1) is 6.61 Å². The van der Waals surface area contributed by atoms with Crippen molar-refractivity contribution in [1.29, 1.82) is 5.26 Å². The molecule has 0 aliphatic rings. The van der Waals surface area contributed by atoms with Crippen LogP contribution in [0.25, 0.3) is 6.08 Å². The van der Waals surface area contributed by atoms with E-state index in [1.807, 2.05) is 32.0 Å². The van der Waals surface area contributed by atoms with Crippen molar-refractivity contribution in [3.05, 3.63) is 64.7 Å². The number of benzene rings is 2. The van der Waals surface area contributed by atoms with Crippen molar-refractivity contribution in [3.63, 3.8) is 0 Å². The van der Waals surface area contributed by atoms with Crippen LogP contribution in [0.3, 0.4) is 0 Å². The lowest BCUT2D eigenvalue weighted by Crippen LogP contribution is -2.15. The van der Waals surface area contributed by atoms with E-state index in [9.17, 15) is 14.9 Å². The number of aryl methyl sites for hydroxylation is 2. The Balaban J connectivity index is 2.20. The van der Waals surface area contributed by atoms with Crippen LogP contribution in [0.1, 0.15) is 23.6 Å². The monoisotopic (exact) mass is 378 g/mol. The van der Waals surface area contributed by atoms with Crippen molar-refractivity contribution in [2.45, 2.75) is 20.8 Å². The number of ether oxygens (including phenoxy) is 2. The Bertz CT molecular complexity index is 942. The highest BCUT2D eigenvalue weighted by Crippen LogP contribution is 2.22. The molecule has 28 heavy (non-hydrogen) atoms. The quantitative estimate of drug-likeness (QED) is 0.450. The fourth-order valence-corrected chi connectivity index (χ4v) is 2.52. The molecule has 0 fully saturated rings. The van der Waals surface area contributed by atoms with Crippen LogP contribution in [-0.4, -0.2) is 25.1 Å². The fraction of sp³-hybridized carbons (Fsp3) is 0.227. The van der Waals surface area contributed by atoms with E-state index < -0.39 is 11.9 Å². The molecule has 6 heteroatoms. The van der Waals surface area contributed by atoms with E-state index in [0.29, 0.717) is 17.0 Å². The number of hydrogen-bond donors (Lipinski definition) is 1. The molecule has 1 amide bonds. The van der Waals surface area contributed by atoms with Gasteiger partial charge in [0, 0.05) is 11.3 Å². The molecule has 0 aliphatic carbocycles. The molecule has 0 bridgehead atoms. The minimum atomic E-state index is -0.519. The number of carbonyl (C=O) groups excluding carboxylic acids is 2. The van der Waals surface area contributed by atoms with Crippen LogP contribution in [0.4, 0.5) is 5.69 Å². The zero-order chi connectivity index (χ0) is 20.5. The summed E-state index contributed by atoms with van der Waals surface area (Å²) in [5, 5.41) is 12.2. The van der Waals surface area contributed by atoms with Crippen molar-refractivity contribution >= 4 is 23.6 Å². The molecular weight excluding hydrogens is 356 g/mol. The van der Waals surface area contributed by atoms with Crippen molar-refractivity contribution in [1.82, 2.24) is 0 Å². The number of hydrogen-bond acceptors (Lipinski definition) is 5. The Labute approximate surface area is 164 Å². The number of amides is 1. The predicted octanol–water partition coefficient (Wildman–Crippen LogP) is 3.79. The first-order chi connectivity index (χ1) is 13.4.